The number of carbonyl (C=O) groups is 1. The van der Waals surface area contributed by atoms with Crippen molar-refractivity contribution < 1.29 is 14.6 Å². The molecule has 0 saturated carbocycles. The van der Waals surface area contributed by atoms with Crippen molar-refractivity contribution in [2.75, 3.05) is 0 Å². The van der Waals surface area contributed by atoms with Crippen molar-refractivity contribution in [1.29, 1.82) is 0 Å². The summed E-state index contributed by atoms with van der Waals surface area (Å²) >= 11 is 12.1. The number of fused-ring (bicyclic) bond motifs is 2. The van der Waals surface area contributed by atoms with E-state index >= 15 is 0 Å². The molecule has 1 saturated heterocycles. The first-order valence-corrected chi connectivity index (χ1v) is 9.71. The van der Waals surface area contributed by atoms with Gasteiger partial charge in [0, 0.05) is 5.56 Å². The standard InChI is InChI=1S/C21H19Cl2NO3/c1-3-11-10-12(14-6-7-16(22)24-20(14)23)4-5-13(11)17-18(25)15-8-9-21(2,27-15)19(17)26/h4-7,10,15,26H,3,8-9H2,1-2H3/t15-,21-/m1/s1. The number of hydrogen-bond donors (Lipinski definition) is 1. The number of aromatic nitrogens is 1. The van der Waals surface area contributed by atoms with Crippen LogP contribution < -0.4 is 0 Å². The molecule has 2 aliphatic heterocycles. The number of carbonyl (C=O) groups excluding carboxylic acids is 1. The Morgan fingerprint density at radius 1 is 1.26 bits per heavy atom. The molecule has 1 fully saturated rings. The molecule has 2 aromatic rings. The molecule has 1 aromatic heterocycles. The Kier molecular flexibility index (Phi) is 4.53. The van der Waals surface area contributed by atoms with Crippen molar-refractivity contribution in [2.45, 2.75) is 44.8 Å². The first-order chi connectivity index (χ1) is 12.8. The van der Waals surface area contributed by atoms with Gasteiger partial charge >= 0.3 is 0 Å². The van der Waals surface area contributed by atoms with Crippen molar-refractivity contribution in [2.24, 2.45) is 0 Å². The highest BCUT2D eigenvalue weighted by atomic mass is 35.5. The van der Waals surface area contributed by atoms with Crippen LogP contribution in [0.1, 0.15) is 37.8 Å². The lowest BCUT2D eigenvalue weighted by atomic mass is 9.87. The normalized spacial score (nSPS) is 24.6. The maximum absolute atomic E-state index is 12.9. The summed E-state index contributed by atoms with van der Waals surface area (Å²) in [5.41, 5.74) is 2.97. The first kappa shape index (κ1) is 18.5. The van der Waals surface area contributed by atoms with E-state index in [1.54, 1.807) is 6.07 Å². The largest absolute Gasteiger partial charge is 0.508 e. The second kappa shape index (κ2) is 6.62. The molecular formula is C21H19Cl2NO3. The highest BCUT2D eigenvalue weighted by Crippen LogP contribution is 2.45. The van der Waals surface area contributed by atoms with E-state index < -0.39 is 11.7 Å². The number of ketones is 1. The predicted octanol–water partition coefficient (Wildman–Crippen LogP) is 5.41. The van der Waals surface area contributed by atoms with E-state index in [1.807, 2.05) is 38.1 Å². The van der Waals surface area contributed by atoms with E-state index in [-0.39, 0.29) is 11.5 Å². The third-order valence-corrected chi connectivity index (χ3v) is 5.94. The van der Waals surface area contributed by atoms with Crippen LogP contribution in [0.3, 0.4) is 0 Å². The number of aliphatic hydroxyl groups excluding tert-OH is 1. The SMILES string of the molecule is CCc1cc(-c2ccc(Cl)nc2Cl)ccc1C1=C(O)[C@@]2(C)CC[C@@H](O2)C1=O. The second-order valence-corrected chi connectivity index (χ2v) is 7.91. The summed E-state index contributed by atoms with van der Waals surface area (Å²) in [5, 5.41) is 11.5. The summed E-state index contributed by atoms with van der Waals surface area (Å²) in [6, 6.07) is 9.26. The highest BCUT2D eigenvalue weighted by molar-refractivity contribution is 6.34. The van der Waals surface area contributed by atoms with Gasteiger partial charge in [0.2, 0.25) is 0 Å². The molecule has 6 heteroatoms. The van der Waals surface area contributed by atoms with Gasteiger partial charge < -0.3 is 9.84 Å². The molecular weight excluding hydrogens is 385 g/mol. The molecule has 27 heavy (non-hydrogen) atoms. The van der Waals surface area contributed by atoms with Crippen LogP contribution in [-0.2, 0) is 16.0 Å². The fourth-order valence-corrected chi connectivity index (χ4v) is 4.38. The number of hydrogen-bond acceptors (Lipinski definition) is 4. The number of pyridine rings is 1. The summed E-state index contributed by atoms with van der Waals surface area (Å²) in [7, 11) is 0. The minimum Gasteiger partial charge on any atom is -0.508 e. The molecule has 0 aliphatic carbocycles. The van der Waals surface area contributed by atoms with E-state index in [1.165, 1.54) is 0 Å². The highest BCUT2D eigenvalue weighted by Gasteiger charge is 2.50. The molecule has 3 heterocycles. The maximum Gasteiger partial charge on any atom is 0.195 e. The van der Waals surface area contributed by atoms with Gasteiger partial charge in [0.25, 0.3) is 0 Å². The van der Waals surface area contributed by atoms with Crippen LogP contribution >= 0.6 is 23.2 Å². The second-order valence-electron chi connectivity index (χ2n) is 7.16. The van der Waals surface area contributed by atoms with Gasteiger partial charge in [-0.25, -0.2) is 4.98 Å². The zero-order chi connectivity index (χ0) is 19.3. The molecule has 0 radical (unpaired) electrons. The lowest BCUT2D eigenvalue weighted by Gasteiger charge is -2.31. The van der Waals surface area contributed by atoms with Gasteiger partial charge in [-0.1, -0.05) is 48.3 Å². The molecule has 2 bridgehead atoms. The molecule has 2 atom stereocenters. The molecule has 0 spiro atoms. The van der Waals surface area contributed by atoms with Gasteiger partial charge in [0.1, 0.15) is 27.8 Å². The number of benzene rings is 1. The zero-order valence-corrected chi connectivity index (χ0v) is 16.6. The summed E-state index contributed by atoms with van der Waals surface area (Å²) in [5.74, 6) is -0.106. The Morgan fingerprint density at radius 3 is 2.70 bits per heavy atom. The van der Waals surface area contributed by atoms with Crippen LogP contribution in [-0.4, -0.2) is 27.6 Å². The molecule has 4 rings (SSSR count). The van der Waals surface area contributed by atoms with Crippen LogP contribution in [0.5, 0.6) is 0 Å². The van der Waals surface area contributed by atoms with Crippen LogP contribution in [0, 0.1) is 0 Å². The third kappa shape index (κ3) is 2.96. The van der Waals surface area contributed by atoms with Crippen molar-refractivity contribution in [3.05, 3.63) is 57.5 Å². The van der Waals surface area contributed by atoms with Crippen molar-refractivity contribution in [1.82, 2.24) is 4.98 Å². The first-order valence-electron chi connectivity index (χ1n) is 8.95. The Labute approximate surface area is 167 Å². The van der Waals surface area contributed by atoms with Crippen LogP contribution in [0.15, 0.2) is 36.1 Å². The Balaban J connectivity index is 1.84. The number of Topliss-reactive ketones (excluding diaryl/α,β-unsaturated/α-hetero) is 1. The van der Waals surface area contributed by atoms with Gasteiger partial charge in [-0.3, -0.25) is 4.79 Å². The minimum atomic E-state index is -0.777. The Hall–Kier alpha value is -1.88. The number of aliphatic hydroxyl groups is 1. The summed E-state index contributed by atoms with van der Waals surface area (Å²) in [6.07, 6.45) is 1.51. The summed E-state index contributed by atoms with van der Waals surface area (Å²) < 4.78 is 5.76. The summed E-state index contributed by atoms with van der Waals surface area (Å²) in [4.78, 5) is 17.0. The van der Waals surface area contributed by atoms with E-state index in [2.05, 4.69) is 4.98 Å². The molecule has 1 aromatic carbocycles. The Bertz CT molecular complexity index is 985. The maximum atomic E-state index is 12.9. The number of rotatable bonds is 3. The van der Waals surface area contributed by atoms with Crippen molar-refractivity contribution >= 4 is 34.6 Å². The molecule has 140 valence electrons. The van der Waals surface area contributed by atoms with Crippen molar-refractivity contribution in [3.8, 4) is 11.1 Å². The Morgan fingerprint density at radius 2 is 2.00 bits per heavy atom. The lowest BCUT2D eigenvalue weighted by Crippen LogP contribution is -2.37. The van der Waals surface area contributed by atoms with E-state index in [0.29, 0.717) is 35.1 Å². The average Bonchev–Trinajstić information content (AvgIpc) is 3.02. The average molecular weight is 404 g/mol. The van der Waals surface area contributed by atoms with E-state index in [4.69, 9.17) is 27.9 Å². The summed E-state index contributed by atoms with van der Waals surface area (Å²) in [6.45, 7) is 3.86. The number of halogens is 2. The number of ether oxygens (including phenoxy) is 1. The smallest absolute Gasteiger partial charge is 0.195 e. The van der Waals surface area contributed by atoms with Gasteiger partial charge in [-0.05, 0) is 55.0 Å². The van der Waals surface area contributed by atoms with Gasteiger partial charge in [0.05, 0.1) is 5.57 Å². The monoisotopic (exact) mass is 403 g/mol. The number of aryl methyl sites for hydroxylation is 1. The lowest BCUT2D eigenvalue weighted by molar-refractivity contribution is -0.130. The van der Waals surface area contributed by atoms with Crippen LogP contribution in [0.4, 0.5) is 0 Å². The fraction of sp³-hybridized carbons (Fsp3) is 0.333. The fourth-order valence-electron chi connectivity index (χ4n) is 3.92. The van der Waals surface area contributed by atoms with Gasteiger partial charge in [-0.15, -0.1) is 0 Å². The quantitative estimate of drug-likeness (QED) is 0.696. The zero-order valence-electron chi connectivity index (χ0n) is 15.1. The van der Waals surface area contributed by atoms with Gasteiger partial charge in [-0.2, -0.15) is 0 Å². The van der Waals surface area contributed by atoms with Crippen molar-refractivity contribution in [3.63, 3.8) is 0 Å². The topological polar surface area (TPSA) is 59.4 Å². The number of nitrogens with zero attached hydrogens (tertiary/aromatic N) is 1. The predicted molar refractivity (Wildman–Crippen MR) is 106 cm³/mol. The molecule has 2 aliphatic rings. The third-order valence-electron chi connectivity index (χ3n) is 5.44. The van der Waals surface area contributed by atoms with Crippen LogP contribution in [0.2, 0.25) is 10.3 Å². The van der Waals surface area contributed by atoms with Gasteiger partial charge in [0.15, 0.2) is 5.78 Å². The molecule has 0 amide bonds. The van der Waals surface area contributed by atoms with Crippen LogP contribution in [0.25, 0.3) is 16.7 Å². The molecule has 1 N–H and O–H groups in total. The van der Waals surface area contributed by atoms with E-state index in [0.717, 1.165) is 22.3 Å². The molecule has 0 unspecified atom stereocenters. The van der Waals surface area contributed by atoms with E-state index in [9.17, 15) is 9.90 Å². The molecule has 4 nitrogen and oxygen atoms in total. The minimum absolute atomic E-state index is 0.0369.